The van der Waals surface area contributed by atoms with Gasteiger partial charge in [-0.1, -0.05) is 6.07 Å². The van der Waals surface area contributed by atoms with Crippen LogP contribution in [0, 0.1) is 5.82 Å². The van der Waals surface area contributed by atoms with Gasteiger partial charge in [-0.15, -0.1) is 0 Å². The fraction of sp³-hybridized carbons (Fsp3) is 0.333. The monoisotopic (exact) mass is 206 g/mol. The van der Waals surface area contributed by atoms with E-state index in [0.717, 1.165) is 18.2 Å². The van der Waals surface area contributed by atoms with Gasteiger partial charge in [0.15, 0.2) is 11.6 Å². The predicted octanol–water partition coefficient (Wildman–Crippen LogP) is 2.13. The highest BCUT2D eigenvalue weighted by Gasteiger charge is 2.20. The summed E-state index contributed by atoms with van der Waals surface area (Å²) in [5.41, 5.74) is -0.0711. The summed E-state index contributed by atoms with van der Waals surface area (Å²) in [6.07, 6.45) is -4.81. The van der Waals surface area contributed by atoms with Gasteiger partial charge < -0.3 is 9.84 Å². The van der Waals surface area contributed by atoms with Crippen molar-refractivity contribution in [2.24, 2.45) is 0 Å². The molecule has 0 saturated heterocycles. The van der Waals surface area contributed by atoms with E-state index in [1.807, 2.05) is 0 Å². The molecule has 2 nitrogen and oxygen atoms in total. The van der Waals surface area contributed by atoms with Gasteiger partial charge in [0.1, 0.15) is 6.10 Å². The summed E-state index contributed by atoms with van der Waals surface area (Å²) >= 11 is 0. The van der Waals surface area contributed by atoms with E-state index >= 15 is 0 Å². The van der Waals surface area contributed by atoms with Crippen LogP contribution in [0.4, 0.5) is 13.2 Å². The van der Waals surface area contributed by atoms with E-state index < -0.39 is 18.3 Å². The average molecular weight is 206 g/mol. The normalized spacial score (nSPS) is 13.0. The lowest BCUT2D eigenvalue weighted by atomic mass is 10.1. The molecule has 0 spiro atoms. The molecule has 0 aliphatic carbocycles. The van der Waals surface area contributed by atoms with Gasteiger partial charge in [-0.3, -0.25) is 0 Å². The van der Waals surface area contributed by atoms with Crippen LogP contribution < -0.4 is 4.74 Å². The number of aliphatic hydroxyl groups is 1. The third-order valence-corrected chi connectivity index (χ3v) is 1.76. The molecule has 0 fully saturated rings. The molecule has 14 heavy (non-hydrogen) atoms. The average Bonchev–Trinajstić information content (AvgIpc) is 2.17. The summed E-state index contributed by atoms with van der Waals surface area (Å²) in [6, 6.07) is 3.11. The zero-order valence-corrected chi connectivity index (χ0v) is 7.38. The van der Waals surface area contributed by atoms with E-state index in [9.17, 15) is 13.2 Å². The Morgan fingerprint density at radius 2 is 2.00 bits per heavy atom. The first kappa shape index (κ1) is 10.8. The van der Waals surface area contributed by atoms with Gasteiger partial charge >= 0.3 is 0 Å². The molecular weight excluding hydrogens is 197 g/mol. The van der Waals surface area contributed by atoms with E-state index in [4.69, 9.17) is 5.11 Å². The Kier molecular flexibility index (Phi) is 3.35. The molecule has 1 aromatic rings. The van der Waals surface area contributed by atoms with Crippen molar-refractivity contribution in [1.82, 2.24) is 0 Å². The summed E-state index contributed by atoms with van der Waals surface area (Å²) in [5, 5.41) is 8.98. The molecule has 1 rings (SSSR count). The maximum atomic E-state index is 12.8. The summed E-state index contributed by atoms with van der Waals surface area (Å²) < 4.78 is 41.6. The molecule has 78 valence electrons. The highest BCUT2D eigenvalue weighted by atomic mass is 19.3. The predicted molar refractivity (Wildman–Crippen MR) is 43.9 cm³/mol. The molecule has 0 amide bonds. The molecule has 0 saturated carbocycles. The largest absolute Gasteiger partial charge is 0.494 e. The number of alkyl halides is 2. The molecule has 1 atom stereocenters. The van der Waals surface area contributed by atoms with Crippen molar-refractivity contribution in [2.75, 3.05) is 7.11 Å². The maximum absolute atomic E-state index is 12.8. The lowest BCUT2D eigenvalue weighted by molar-refractivity contribution is -0.00591. The Bertz CT molecular complexity index is 315. The summed E-state index contributed by atoms with van der Waals surface area (Å²) in [4.78, 5) is 0. The van der Waals surface area contributed by atoms with Crippen LogP contribution in [-0.4, -0.2) is 18.6 Å². The number of benzene rings is 1. The molecule has 0 bridgehead atoms. The molecule has 0 heterocycles. The lowest BCUT2D eigenvalue weighted by Crippen LogP contribution is -2.08. The van der Waals surface area contributed by atoms with E-state index in [2.05, 4.69) is 4.74 Å². The number of hydrogen-bond acceptors (Lipinski definition) is 2. The first-order chi connectivity index (χ1) is 6.56. The fourth-order valence-electron chi connectivity index (χ4n) is 1.01. The highest BCUT2D eigenvalue weighted by Crippen LogP contribution is 2.25. The summed E-state index contributed by atoms with van der Waals surface area (Å²) in [5.74, 6) is -0.820. The van der Waals surface area contributed by atoms with Crippen molar-refractivity contribution < 1.29 is 23.0 Å². The minimum atomic E-state index is -2.90. The third-order valence-electron chi connectivity index (χ3n) is 1.76. The van der Waals surface area contributed by atoms with Crippen molar-refractivity contribution in [2.45, 2.75) is 12.5 Å². The summed E-state index contributed by atoms with van der Waals surface area (Å²) in [6.45, 7) is 0. The second-order valence-electron chi connectivity index (χ2n) is 2.67. The maximum Gasteiger partial charge on any atom is 0.268 e. The van der Waals surface area contributed by atoms with Crippen molar-refractivity contribution in [3.05, 3.63) is 29.6 Å². The fourth-order valence-corrected chi connectivity index (χ4v) is 1.01. The van der Waals surface area contributed by atoms with Crippen LogP contribution in [0.3, 0.4) is 0 Å². The van der Waals surface area contributed by atoms with E-state index in [0.29, 0.717) is 0 Å². The molecule has 1 unspecified atom stereocenters. The molecular formula is C9H9F3O2. The lowest BCUT2D eigenvalue weighted by Gasteiger charge is -2.11. The Hall–Kier alpha value is -1.23. The first-order valence-corrected chi connectivity index (χ1v) is 3.86. The standard InChI is InChI=1S/C9H9F3O2/c1-14-7-4-5(2-3-6(7)10)8(13)9(11)12/h2-4,8-9,13H,1H3. The number of hydrogen-bond donors (Lipinski definition) is 1. The number of aliphatic hydroxyl groups excluding tert-OH is 1. The van der Waals surface area contributed by atoms with Crippen molar-refractivity contribution >= 4 is 0 Å². The van der Waals surface area contributed by atoms with Gasteiger partial charge in [0, 0.05) is 0 Å². The highest BCUT2D eigenvalue weighted by molar-refractivity contribution is 5.31. The number of methoxy groups -OCH3 is 1. The zero-order valence-electron chi connectivity index (χ0n) is 7.38. The molecule has 5 heteroatoms. The Labute approximate surface area is 78.9 Å². The second kappa shape index (κ2) is 4.32. The van der Waals surface area contributed by atoms with E-state index in [-0.39, 0.29) is 11.3 Å². The minimum Gasteiger partial charge on any atom is -0.494 e. The van der Waals surface area contributed by atoms with Gasteiger partial charge in [-0.2, -0.15) is 0 Å². The number of ether oxygens (including phenoxy) is 1. The van der Waals surface area contributed by atoms with Crippen molar-refractivity contribution in [3.63, 3.8) is 0 Å². The molecule has 0 aromatic heterocycles. The van der Waals surface area contributed by atoms with Crippen LogP contribution in [-0.2, 0) is 0 Å². The van der Waals surface area contributed by atoms with Gasteiger partial charge in [-0.25, -0.2) is 13.2 Å². The molecule has 0 aliphatic rings. The number of rotatable bonds is 3. The van der Waals surface area contributed by atoms with Crippen LogP contribution in [0.25, 0.3) is 0 Å². The Morgan fingerprint density at radius 3 is 2.50 bits per heavy atom. The third kappa shape index (κ3) is 2.17. The van der Waals surface area contributed by atoms with Gasteiger partial charge in [0.2, 0.25) is 0 Å². The zero-order chi connectivity index (χ0) is 10.7. The van der Waals surface area contributed by atoms with Gasteiger partial charge in [0.25, 0.3) is 6.43 Å². The van der Waals surface area contributed by atoms with Crippen LogP contribution in [0.1, 0.15) is 11.7 Å². The van der Waals surface area contributed by atoms with Crippen LogP contribution in [0.15, 0.2) is 18.2 Å². The van der Waals surface area contributed by atoms with E-state index in [1.165, 1.54) is 7.11 Å². The SMILES string of the molecule is COc1cc(C(O)C(F)F)ccc1F. The van der Waals surface area contributed by atoms with Crippen molar-refractivity contribution in [3.8, 4) is 5.75 Å². The van der Waals surface area contributed by atoms with Gasteiger partial charge in [0.05, 0.1) is 7.11 Å². The van der Waals surface area contributed by atoms with Crippen LogP contribution >= 0.6 is 0 Å². The van der Waals surface area contributed by atoms with Crippen LogP contribution in [0.2, 0.25) is 0 Å². The smallest absolute Gasteiger partial charge is 0.268 e. The Balaban J connectivity index is 3.00. The topological polar surface area (TPSA) is 29.5 Å². The quantitative estimate of drug-likeness (QED) is 0.820. The van der Waals surface area contributed by atoms with Crippen LogP contribution in [0.5, 0.6) is 5.75 Å². The molecule has 0 radical (unpaired) electrons. The summed E-state index contributed by atoms with van der Waals surface area (Å²) in [7, 11) is 1.22. The minimum absolute atomic E-state index is 0.0711. The van der Waals surface area contributed by atoms with E-state index in [1.54, 1.807) is 0 Å². The first-order valence-electron chi connectivity index (χ1n) is 3.86. The Morgan fingerprint density at radius 1 is 1.36 bits per heavy atom. The molecule has 0 aliphatic heterocycles. The number of halogens is 3. The van der Waals surface area contributed by atoms with Gasteiger partial charge in [-0.05, 0) is 17.7 Å². The molecule has 1 aromatic carbocycles. The molecule has 1 N–H and O–H groups in total. The second-order valence-corrected chi connectivity index (χ2v) is 2.67. The van der Waals surface area contributed by atoms with Crippen molar-refractivity contribution in [1.29, 1.82) is 0 Å².